The zero-order valence-electron chi connectivity index (χ0n) is 15.1. The maximum Gasteiger partial charge on any atom is 0.0571 e. The van der Waals surface area contributed by atoms with Crippen LogP contribution < -0.4 is 0 Å². The number of allylic oxidation sites excluding steroid dienone is 2. The number of hydrogen-bond donors (Lipinski definition) is 0. The van der Waals surface area contributed by atoms with Gasteiger partial charge in [-0.25, -0.2) is 0 Å². The molecular formula is C21H38O. The van der Waals surface area contributed by atoms with E-state index in [2.05, 4.69) is 19.1 Å². The quantitative estimate of drug-likeness (QED) is 0.366. The van der Waals surface area contributed by atoms with Crippen molar-refractivity contribution in [3.8, 4) is 0 Å². The first-order valence-corrected chi connectivity index (χ1v) is 9.95. The monoisotopic (exact) mass is 306 g/mol. The molecule has 0 bridgehead atoms. The first-order valence-electron chi connectivity index (χ1n) is 9.95. The van der Waals surface area contributed by atoms with E-state index in [0.29, 0.717) is 6.10 Å². The Balaban J connectivity index is 1.52. The molecule has 0 amide bonds. The lowest BCUT2D eigenvalue weighted by molar-refractivity contribution is 0.0540. The van der Waals surface area contributed by atoms with Crippen molar-refractivity contribution in [2.24, 2.45) is 17.8 Å². The normalized spacial score (nSPS) is 33.4. The molecule has 0 heterocycles. The molecule has 0 aromatic heterocycles. The second kappa shape index (κ2) is 10.5. The number of rotatable bonds is 8. The van der Waals surface area contributed by atoms with E-state index in [1.165, 1.54) is 83.5 Å². The van der Waals surface area contributed by atoms with Crippen molar-refractivity contribution in [1.82, 2.24) is 0 Å². The van der Waals surface area contributed by atoms with Crippen molar-refractivity contribution in [3.63, 3.8) is 0 Å². The van der Waals surface area contributed by atoms with Gasteiger partial charge < -0.3 is 4.74 Å². The molecule has 1 nitrogen and oxygen atoms in total. The van der Waals surface area contributed by atoms with Crippen LogP contribution >= 0.6 is 0 Å². The average Bonchev–Trinajstić information content (AvgIpc) is 2.58. The standard InChI is InChI=1S/C21H38O/c1-3-4-5-6-7-18-8-10-19(11-9-18)12-13-20-14-16-21(22-2)17-15-20/h3-4,18-21H,5-17H2,1-2H3/b4-3-. The lowest BCUT2D eigenvalue weighted by Crippen LogP contribution is -2.21. The molecule has 0 aliphatic heterocycles. The fraction of sp³-hybridized carbons (Fsp3) is 0.905. The second-order valence-corrected chi connectivity index (χ2v) is 7.84. The molecule has 22 heavy (non-hydrogen) atoms. The number of methoxy groups -OCH3 is 1. The van der Waals surface area contributed by atoms with Crippen molar-refractivity contribution < 1.29 is 4.74 Å². The van der Waals surface area contributed by atoms with Crippen LogP contribution in [0.1, 0.15) is 90.4 Å². The Bertz CT molecular complexity index is 293. The third-order valence-electron chi connectivity index (χ3n) is 6.30. The maximum absolute atomic E-state index is 5.49. The molecule has 0 saturated heterocycles. The van der Waals surface area contributed by atoms with Crippen LogP contribution in [0.3, 0.4) is 0 Å². The molecule has 2 saturated carbocycles. The Labute approximate surface area is 138 Å². The smallest absolute Gasteiger partial charge is 0.0571 e. The molecule has 0 unspecified atom stereocenters. The molecule has 0 N–H and O–H groups in total. The van der Waals surface area contributed by atoms with Gasteiger partial charge >= 0.3 is 0 Å². The van der Waals surface area contributed by atoms with Crippen molar-refractivity contribution in [2.45, 2.75) is 96.5 Å². The molecule has 2 rings (SSSR count). The third kappa shape index (κ3) is 6.44. The fourth-order valence-corrected chi connectivity index (χ4v) is 4.63. The van der Waals surface area contributed by atoms with E-state index in [9.17, 15) is 0 Å². The van der Waals surface area contributed by atoms with Crippen molar-refractivity contribution in [2.75, 3.05) is 7.11 Å². The van der Waals surface area contributed by atoms with Crippen LogP contribution in [0.4, 0.5) is 0 Å². The minimum atomic E-state index is 0.564. The summed E-state index contributed by atoms with van der Waals surface area (Å²) in [6.07, 6.45) is 23.7. The average molecular weight is 307 g/mol. The van der Waals surface area contributed by atoms with E-state index in [4.69, 9.17) is 4.74 Å². The summed E-state index contributed by atoms with van der Waals surface area (Å²) < 4.78 is 5.49. The van der Waals surface area contributed by atoms with E-state index in [-0.39, 0.29) is 0 Å². The lowest BCUT2D eigenvalue weighted by atomic mass is 9.76. The largest absolute Gasteiger partial charge is 0.381 e. The minimum absolute atomic E-state index is 0.564. The summed E-state index contributed by atoms with van der Waals surface area (Å²) in [7, 11) is 1.88. The molecule has 0 atom stereocenters. The summed E-state index contributed by atoms with van der Waals surface area (Å²) in [4.78, 5) is 0. The van der Waals surface area contributed by atoms with Gasteiger partial charge in [0.1, 0.15) is 0 Å². The first-order chi connectivity index (χ1) is 10.8. The van der Waals surface area contributed by atoms with Crippen LogP contribution in [-0.4, -0.2) is 13.2 Å². The predicted octanol–water partition coefficient (Wildman–Crippen LogP) is 6.52. The molecule has 0 spiro atoms. The highest BCUT2D eigenvalue weighted by atomic mass is 16.5. The molecule has 2 aliphatic rings. The Hall–Kier alpha value is -0.300. The van der Waals surface area contributed by atoms with Crippen LogP contribution in [0.2, 0.25) is 0 Å². The summed E-state index contributed by atoms with van der Waals surface area (Å²) in [6, 6.07) is 0. The number of ether oxygens (including phenoxy) is 1. The van der Waals surface area contributed by atoms with E-state index >= 15 is 0 Å². The summed E-state index contributed by atoms with van der Waals surface area (Å²) >= 11 is 0. The van der Waals surface area contributed by atoms with E-state index in [1.807, 2.05) is 7.11 Å². The molecule has 2 aliphatic carbocycles. The summed E-state index contributed by atoms with van der Waals surface area (Å²) in [5.74, 6) is 3.09. The fourth-order valence-electron chi connectivity index (χ4n) is 4.63. The first kappa shape index (κ1) is 18.0. The molecule has 1 heteroatoms. The molecular weight excluding hydrogens is 268 g/mol. The zero-order chi connectivity index (χ0) is 15.6. The number of hydrogen-bond acceptors (Lipinski definition) is 1. The van der Waals surface area contributed by atoms with Gasteiger partial charge in [0.15, 0.2) is 0 Å². The van der Waals surface area contributed by atoms with Crippen molar-refractivity contribution >= 4 is 0 Å². The SMILES string of the molecule is C/C=C\CCCC1CCC(CCC2CCC(OC)CC2)CC1. The van der Waals surface area contributed by atoms with Crippen molar-refractivity contribution in [3.05, 3.63) is 12.2 Å². The van der Waals surface area contributed by atoms with Crippen molar-refractivity contribution in [1.29, 1.82) is 0 Å². The minimum Gasteiger partial charge on any atom is -0.381 e. The van der Waals surface area contributed by atoms with Gasteiger partial charge in [0.25, 0.3) is 0 Å². The van der Waals surface area contributed by atoms with Crippen LogP contribution in [-0.2, 0) is 4.74 Å². The molecule has 2 fully saturated rings. The molecule has 0 aromatic rings. The molecule has 128 valence electrons. The lowest BCUT2D eigenvalue weighted by Gasteiger charge is -2.31. The highest BCUT2D eigenvalue weighted by Gasteiger charge is 2.24. The Morgan fingerprint density at radius 3 is 1.77 bits per heavy atom. The predicted molar refractivity (Wildman–Crippen MR) is 96.1 cm³/mol. The summed E-state index contributed by atoms with van der Waals surface area (Å²) in [6.45, 7) is 2.13. The van der Waals surface area contributed by atoms with Gasteiger partial charge in [0, 0.05) is 7.11 Å². The highest BCUT2D eigenvalue weighted by molar-refractivity contribution is 4.79. The van der Waals surface area contributed by atoms with E-state index < -0.39 is 0 Å². The van der Waals surface area contributed by atoms with Gasteiger partial charge in [-0.3, -0.25) is 0 Å². The van der Waals surface area contributed by atoms with Gasteiger partial charge in [-0.1, -0.05) is 57.1 Å². The van der Waals surface area contributed by atoms with Gasteiger partial charge in [0.05, 0.1) is 6.10 Å². The highest BCUT2D eigenvalue weighted by Crippen LogP contribution is 2.37. The third-order valence-corrected chi connectivity index (χ3v) is 6.30. The molecule has 0 aromatic carbocycles. The zero-order valence-corrected chi connectivity index (χ0v) is 15.1. The van der Waals surface area contributed by atoms with Crippen LogP contribution in [0, 0.1) is 17.8 Å². The summed E-state index contributed by atoms with van der Waals surface area (Å²) in [5, 5.41) is 0. The molecule has 0 radical (unpaired) electrons. The van der Waals surface area contributed by atoms with Gasteiger partial charge in [-0.05, 0) is 63.2 Å². The van der Waals surface area contributed by atoms with Gasteiger partial charge in [-0.2, -0.15) is 0 Å². The van der Waals surface area contributed by atoms with Gasteiger partial charge in [-0.15, -0.1) is 0 Å². The number of unbranched alkanes of at least 4 members (excludes halogenated alkanes) is 1. The second-order valence-electron chi connectivity index (χ2n) is 7.84. The Morgan fingerprint density at radius 2 is 1.27 bits per heavy atom. The van der Waals surface area contributed by atoms with E-state index in [1.54, 1.807) is 0 Å². The maximum atomic E-state index is 5.49. The van der Waals surface area contributed by atoms with Crippen LogP contribution in [0.15, 0.2) is 12.2 Å². The Morgan fingerprint density at radius 1 is 0.773 bits per heavy atom. The van der Waals surface area contributed by atoms with Crippen LogP contribution in [0.5, 0.6) is 0 Å². The van der Waals surface area contributed by atoms with Gasteiger partial charge in [0.2, 0.25) is 0 Å². The van der Waals surface area contributed by atoms with Crippen LogP contribution in [0.25, 0.3) is 0 Å². The Kier molecular flexibility index (Phi) is 8.59. The summed E-state index contributed by atoms with van der Waals surface area (Å²) in [5.41, 5.74) is 0. The van der Waals surface area contributed by atoms with E-state index in [0.717, 1.165) is 17.8 Å². The topological polar surface area (TPSA) is 9.23 Å².